The minimum Gasteiger partial charge on any atom is -0.373 e. The zero-order valence-corrected chi connectivity index (χ0v) is 19.4. The number of nitrogens with one attached hydrogen (secondary N) is 1. The minimum atomic E-state index is -0.0103. The highest BCUT2D eigenvalue weighted by atomic mass is 16.6. The van der Waals surface area contributed by atoms with Crippen molar-refractivity contribution in [2.24, 2.45) is 5.92 Å². The van der Waals surface area contributed by atoms with Crippen LogP contribution in [0.15, 0.2) is 24.3 Å². The van der Waals surface area contributed by atoms with Gasteiger partial charge in [-0.05, 0) is 66.7 Å². The molecule has 8 nitrogen and oxygen atoms in total. The standard InChI is InChI=1S/C25H36N6O2/c1-2-7-18(8-3-1)15-26-23-14-22-24(33-23)21(17-32-22)31-25(27-28-29-31)20-10-6-9-19(13-20)16-30-11-4-5-12-30/h6,9-10,13,18,21-24,26H,1-5,7-8,11-12,14-17H2/t21-,22-,23+,24-/m1/s1. The molecular weight excluding hydrogens is 416 g/mol. The van der Waals surface area contributed by atoms with Crippen molar-refractivity contribution in [1.82, 2.24) is 30.4 Å². The van der Waals surface area contributed by atoms with Gasteiger partial charge in [-0.3, -0.25) is 10.2 Å². The van der Waals surface area contributed by atoms with Gasteiger partial charge in [0.05, 0.1) is 12.7 Å². The molecule has 0 amide bonds. The Kier molecular flexibility index (Phi) is 6.42. The van der Waals surface area contributed by atoms with Crippen LogP contribution in [0.25, 0.3) is 11.4 Å². The third-order valence-electron chi connectivity index (χ3n) is 7.95. The Balaban J connectivity index is 1.13. The molecule has 3 aliphatic heterocycles. The van der Waals surface area contributed by atoms with Crippen LogP contribution in [-0.4, -0.2) is 69.8 Å². The molecule has 178 valence electrons. The molecule has 4 heterocycles. The van der Waals surface area contributed by atoms with Crippen LogP contribution in [0.4, 0.5) is 0 Å². The fourth-order valence-corrected chi connectivity index (χ4v) is 6.14. The monoisotopic (exact) mass is 452 g/mol. The van der Waals surface area contributed by atoms with Crippen molar-refractivity contribution in [2.45, 2.75) is 82.4 Å². The number of benzene rings is 1. The van der Waals surface area contributed by atoms with Crippen molar-refractivity contribution in [3.05, 3.63) is 29.8 Å². The summed E-state index contributed by atoms with van der Waals surface area (Å²) in [7, 11) is 0. The van der Waals surface area contributed by atoms with Gasteiger partial charge in [-0.2, -0.15) is 0 Å². The molecule has 1 aromatic heterocycles. The van der Waals surface area contributed by atoms with E-state index >= 15 is 0 Å². The highest BCUT2D eigenvalue weighted by Crippen LogP contribution is 2.37. The number of rotatable bonds is 7. The van der Waals surface area contributed by atoms with Gasteiger partial charge >= 0.3 is 0 Å². The SMILES string of the molecule is c1cc(CN2CCCC2)cc(-c2nnnn2[C@@H]2CO[C@@H]3C[C@@H](NCC4CCCCC4)O[C@H]23)c1. The second kappa shape index (κ2) is 9.78. The number of nitrogens with zero attached hydrogens (tertiary/aromatic N) is 5. The highest BCUT2D eigenvalue weighted by molar-refractivity contribution is 5.56. The van der Waals surface area contributed by atoms with Crippen LogP contribution in [0.1, 0.15) is 63.0 Å². The van der Waals surface area contributed by atoms with Crippen LogP contribution in [0, 0.1) is 5.92 Å². The van der Waals surface area contributed by atoms with Gasteiger partial charge in [-0.25, -0.2) is 4.68 Å². The minimum absolute atomic E-state index is 0.00344. The molecule has 1 aliphatic carbocycles. The van der Waals surface area contributed by atoms with E-state index < -0.39 is 0 Å². The Morgan fingerprint density at radius 3 is 2.82 bits per heavy atom. The molecule has 3 saturated heterocycles. The fourth-order valence-electron chi connectivity index (χ4n) is 6.14. The normalized spacial score (nSPS) is 30.8. The Hall–Kier alpha value is -1.87. The van der Waals surface area contributed by atoms with Crippen LogP contribution >= 0.6 is 0 Å². The van der Waals surface area contributed by atoms with Gasteiger partial charge in [0, 0.05) is 25.1 Å². The van der Waals surface area contributed by atoms with Gasteiger partial charge in [-0.1, -0.05) is 37.5 Å². The molecule has 8 heteroatoms. The van der Waals surface area contributed by atoms with Gasteiger partial charge in [0.2, 0.25) is 0 Å². The molecule has 0 bridgehead atoms. The van der Waals surface area contributed by atoms with E-state index in [2.05, 4.69) is 50.0 Å². The topological polar surface area (TPSA) is 77.3 Å². The lowest BCUT2D eigenvalue weighted by atomic mass is 9.89. The Morgan fingerprint density at radius 2 is 1.94 bits per heavy atom. The molecular formula is C25H36N6O2. The molecule has 2 aromatic rings. The van der Waals surface area contributed by atoms with E-state index in [1.807, 2.05) is 4.68 Å². The number of ether oxygens (including phenoxy) is 2. The Morgan fingerprint density at radius 1 is 1.06 bits per heavy atom. The molecule has 1 aromatic carbocycles. The van der Waals surface area contributed by atoms with Gasteiger partial charge in [-0.15, -0.1) is 5.10 Å². The third-order valence-corrected chi connectivity index (χ3v) is 7.95. The van der Waals surface area contributed by atoms with E-state index in [4.69, 9.17) is 9.47 Å². The molecule has 1 saturated carbocycles. The van der Waals surface area contributed by atoms with Crippen molar-refractivity contribution < 1.29 is 9.47 Å². The number of hydrogen-bond acceptors (Lipinski definition) is 7. The zero-order valence-electron chi connectivity index (χ0n) is 19.4. The second-order valence-corrected chi connectivity index (χ2v) is 10.3. The summed E-state index contributed by atoms with van der Waals surface area (Å²) in [5.74, 6) is 1.59. The average molecular weight is 453 g/mol. The average Bonchev–Trinajstić information content (AvgIpc) is 3.63. The number of likely N-dealkylation sites (tertiary alicyclic amines) is 1. The maximum atomic E-state index is 6.46. The Labute approximate surface area is 196 Å². The molecule has 1 N–H and O–H groups in total. The van der Waals surface area contributed by atoms with Gasteiger partial charge in [0.15, 0.2) is 5.82 Å². The molecule has 4 fully saturated rings. The van der Waals surface area contributed by atoms with E-state index in [1.54, 1.807) is 0 Å². The maximum absolute atomic E-state index is 6.46. The number of tetrazole rings is 1. The zero-order chi connectivity index (χ0) is 22.0. The van der Waals surface area contributed by atoms with E-state index in [1.165, 1.54) is 63.6 Å². The van der Waals surface area contributed by atoms with Gasteiger partial charge in [0.25, 0.3) is 0 Å². The lowest BCUT2D eigenvalue weighted by molar-refractivity contribution is 0.00130. The number of hydrogen-bond donors (Lipinski definition) is 1. The first kappa shape index (κ1) is 21.6. The molecule has 6 rings (SSSR count). The summed E-state index contributed by atoms with van der Waals surface area (Å²) in [6.07, 6.45) is 10.5. The second-order valence-electron chi connectivity index (χ2n) is 10.3. The lowest BCUT2D eigenvalue weighted by Crippen LogP contribution is -2.35. The Bertz CT molecular complexity index is 923. The number of aromatic nitrogens is 4. The van der Waals surface area contributed by atoms with E-state index in [0.29, 0.717) is 6.61 Å². The predicted octanol–water partition coefficient (Wildman–Crippen LogP) is 3.16. The van der Waals surface area contributed by atoms with E-state index in [9.17, 15) is 0 Å². The first-order valence-corrected chi connectivity index (χ1v) is 12.9. The van der Waals surface area contributed by atoms with E-state index in [0.717, 1.165) is 36.8 Å². The van der Waals surface area contributed by atoms with Gasteiger partial charge in [0.1, 0.15) is 18.4 Å². The number of fused-ring (bicyclic) bond motifs is 1. The summed E-state index contributed by atoms with van der Waals surface area (Å²) in [5, 5.41) is 16.5. The largest absolute Gasteiger partial charge is 0.373 e. The fraction of sp³-hybridized carbons (Fsp3) is 0.720. The summed E-state index contributed by atoms with van der Waals surface area (Å²) in [4.78, 5) is 2.52. The van der Waals surface area contributed by atoms with Crippen molar-refractivity contribution in [3.63, 3.8) is 0 Å². The summed E-state index contributed by atoms with van der Waals surface area (Å²) in [5.41, 5.74) is 2.37. The predicted molar refractivity (Wildman–Crippen MR) is 124 cm³/mol. The third kappa shape index (κ3) is 4.71. The molecule has 4 atom stereocenters. The summed E-state index contributed by atoms with van der Waals surface area (Å²) < 4.78 is 14.5. The van der Waals surface area contributed by atoms with Crippen molar-refractivity contribution in [2.75, 3.05) is 26.2 Å². The lowest BCUT2D eigenvalue weighted by Gasteiger charge is -2.24. The summed E-state index contributed by atoms with van der Waals surface area (Å²) in [6, 6.07) is 8.66. The first-order valence-electron chi connectivity index (χ1n) is 12.9. The van der Waals surface area contributed by atoms with Crippen LogP contribution < -0.4 is 5.32 Å². The van der Waals surface area contributed by atoms with Crippen LogP contribution in [0.3, 0.4) is 0 Å². The molecule has 0 radical (unpaired) electrons. The summed E-state index contributed by atoms with van der Waals surface area (Å²) in [6.45, 7) is 5.02. The first-order chi connectivity index (χ1) is 16.3. The highest BCUT2D eigenvalue weighted by Gasteiger charge is 2.48. The van der Waals surface area contributed by atoms with Crippen molar-refractivity contribution >= 4 is 0 Å². The van der Waals surface area contributed by atoms with Crippen molar-refractivity contribution in [1.29, 1.82) is 0 Å². The molecule has 4 aliphatic rings. The summed E-state index contributed by atoms with van der Waals surface area (Å²) >= 11 is 0. The molecule has 0 spiro atoms. The molecule has 33 heavy (non-hydrogen) atoms. The van der Waals surface area contributed by atoms with Crippen LogP contribution in [0.5, 0.6) is 0 Å². The van der Waals surface area contributed by atoms with E-state index in [-0.39, 0.29) is 24.5 Å². The van der Waals surface area contributed by atoms with Crippen molar-refractivity contribution in [3.8, 4) is 11.4 Å². The molecule has 0 unspecified atom stereocenters. The quantitative estimate of drug-likeness (QED) is 0.691. The van der Waals surface area contributed by atoms with Crippen LogP contribution in [-0.2, 0) is 16.0 Å². The maximum Gasteiger partial charge on any atom is 0.182 e. The van der Waals surface area contributed by atoms with Crippen LogP contribution in [0.2, 0.25) is 0 Å². The smallest absolute Gasteiger partial charge is 0.182 e. The van der Waals surface area contributed by atoms with Gasteiger partial charge < -0.3 is 9.47 Å².